The number of amides is 2. The third-order valence-corrected chi connectivity index (χ3v) is 6.53. The molecule has 35 heavy (non-hydrogen) atoms. The molecule has 0 radical (unpaired) electrons. The lowest BCUT2D eigenvalue weighted by Gasteiger charge is -2.34. The normalized spacial score (nSPS) is 12.2. The van der Waals surface area contributed by atoms with E-state index in [0.29, 0.717) is 27.1 Å². The van der Waals surface area contributed by atoms with Crippen molar-refractivity contribution in [3.05, 3.63) is 105 Å². The molecule has 7 heteroatoms. The van der Waals surface area contributed by atoms with Crippen LogP contribution in [0.25, 0.3) is 0 Å². The molecule has 2 amide bonds. The van der Waals surface area contributed by atoms with Crippen molar-refractivity contribution in [2.45, 2.75) is 51.7 Å². The van der Waals surface area contributed by atoms with E-state index in [9.17, 15) is 9.59 Å². The molecule has 4 nitrogen and oxygen atoms in total. The van der Waals surface area contributed by atoms with Gasteiger partial charge in [-0.15, -0.1) is 0 Å². The summed E-state index contributed by atoms with van der Waals surface area (Å²) in [5.74, 6) is -0.517. The Labute approximate surface area is 222 Å². The van der Waals surface area contributed by atoms with Gasteiger partial charge in [0.2, 0.25) is 11.8 Å². The summed E-state index contributed by atoms with van der Waals surface area (Å²) in [6.07, 6.45) is 0.298. The molecule has 0 heterocycles. The van der Waals surface area contributed by atoms with Gasteiger partial charge in [-0.05, 0) is 55.7 Å². The molecule has 0 bridgehead atoms. The third kappa shape index (κ3) is 7.73. The van der Waals surface area contributed by atoms with E-state index in [0.717, 1.165) is 11.1 Å². The Kier molecular flexibility index (Phi) is 9.23. The van der Waals surface area contributed by atoms with Crippen LogP contribution in [-0.2, 0) is 29.0 Å². The standard InChI is InChI=1S/C28H29Cl3N2O2/c1-28(2,3)32-27(35)25(16-19-10-5-4-6-11-19)33(18-20-12-7-8-13-22(20)29)26(34)17-21-23(30)14-9-15-24(21)31/h4-15,25H,16-18H2,1-3H3,(H,32,35)/t25-/m1/s1. The number of carbonyl (C=O) groups is 2. The van der Waals surface area contributed by atoms with Crippen molar-refractivity contribution in [3.63, 3.8) is 0 Å². The third-order valence-electron chi connectivity index (χ3n) is 5.46. The summed E-state index contributed by atoms with van der Waals surface area (Å²) in [7, 11) is 0. The number of nitrogens with zero attached hydrogens (tertiary/aromatic N) is 1. The molecule has 0 saturated heterocycles. The summed E-state index contributed by atoms with van der Waals surface area (Å²) in [5, 5.41) is 4.38. The highest BCUT2D eigenvalue weighted by Crippen LogP contribution is 2.27. The first-order valence-electron chi connectivity index (χ1n) is 11.4. The van der Waals surface area contributed by atoms with Crippen LogP contribution in [-0.4, -0.2) is 28.3 Å². The van der Waals surface area contributed by atoms with Gasteiger partial charge in [-0.2, -0.15) is 0 Å². The molecule has 0 spiro atoms. The molecule has 3 aromatic rings. The van der Waals surface area contributed by atoms with Gasteiger partial charge in [0.05, 0.1) is 6.42 Å². The molecule has 0 unspecified atom stereocenters. The van der Waals surface area contributed by atoms with Crippen molar-refractivity contribution >= 4 is 46.6 Å². The van der Waals surface area contributed by atoms with E-state index < -0.39 is 11.6 Å². The van der Waals surface area contributed by atoms with Crippen molar-refractivity contribution in [3.8, 4) is 0 Å². The van der Waals surface area contributed by atoms with Gasteiger partial charge in [-0.3, -0.25) is 9.59 Å². The zero-order valence-electron chi connectivity index (χ0n) is 20.0. The molecule has 3 rings (SSSR count). The minimum absolute atomic E-state index is 0.0446. The molecule has 0 aliphatic carbocycles. The fourth-order valence-electron chi connectivity index (χ4n) is 3.77. The molecule has 0 fully saturated rings. The van der Waals surface area contributed by atoms with Gasteiger partial charge in [0.1, 0.15) is 6.04 Å². The van der Waals surface area contributed by atoms with Crippen LogP contribution in [0.15, 0.2) is 72.8 Å². The molecule has 1 N–H and O–H groups in total. The molecular weight excluding hydrogens is 503 g/mol. The van der Waals surface area contributed by atoms with Crippen LogP contribution >= 0.6 is 34.8 Å². The molecule has 3 aromatic carbocycles. The summed E-state index contributed by atoms with van der Waals surface area (Å²) in [5.41, 5.74) is 1.74. The fourth-order valence-corrected chi connectivity index (χ4v) is 4.50. The number of carbonyl (C=O) groups excluding carboxylic acids is 2. The van der Waals surface area contributed by atoms with Gasteiger partial charge in [0.25, 0.3) is 0 Å². The number of rotatable bonds is 8. The van der Waals surface area contributed by atoms with E-state index in [2.05, 4.69) is 5.32 Å². The average Bonchev–Trinajstić information content (AvgIpc) is 2.79. The summed E-state index contributed by atoms with van der Waals surface area (Å²) in [6.45, 7) is 5.90. The van der Waals surface area contributed by atoms with Crippen LogP contribution in [0.5, 0.6) is 0 Å². The van der Waals surface area contributed by atoms with Gasteiger partial charge in [-0.25, -0.2) is 0 Å². The number of halogens is 3. The van der Waals surface area contributed by atoms with Crippen molar-refractivity contribution in [2.24, 2.45) is 0 Å². The van der Waals surface area contributed by atoms with E-state index >= 15 is 0 Å². The topological polar surface area (TPSA) is 49.4 Å². The average molecular weight is 532 g/mol. The lowest BCUT2D eigenvalue weighted by molar-refractivity contribution is -0.141. The summed E-state index contributed by atoms with van der Waals surface area (Å²) < 4.78 is 0. The van der Waals surface area contributed by atoms with Crippen molar-refractivity contribution in [1.29, 1.82) is 0 Å². The van der Waals surface area contributed by atoms with Crippen molar-refractivity contribution in [2.75, 3.05) is 0 Å². The zero-order chi connectivity index (χ0) is 25.6. The molecule has 0 saturated carbocycles. The van der Waals surface area contributed by atoms with Gasteiger partial charge in [0.15, 0.2) is 0 Å². The first kappa shape index (κ1) is 27.1. The smallest absolute Gasteiger partial charge is 0.243 e. The second-order valence-corrected chi connectivity index (χ2v) is 10.7. The molecule has 0 aromatic heterocycles. The monoisotopic (exact) mass is 530 g/mol. The number of hydrogen-bond acceptors (Lipinski definition) is 2. The summed E-state index contributed by atoms with van der Waals surface area (Å²) in [6, 6.07) is 21.3. The Morgan fingerprint density at radius 3 is 2.00 bits per heavy atom. The lowest BCUT2D eigenvalue weighted by atomic mass is 9.99. The van der Waals surface area contributed by atoms with E-state index in [1.165, 1.54) is 0 Å². The molecule has 1 atom stereocenters. The minimum Gasteiger partial charge on any atom is -0.350 e. The van der Waals surface area contributed by atoms with Gasteiger partial charge in [0, 0.05) is 33.6 Å². The highest BCUT2D eigenvalue weighted by molar-refractivity contribution is 6.36. The number of benzene rings is 3. The van der Waals surface area contributed by atoms with Crippen LogP contribution in [0.1, 0.15) is 37.5 Å². The summed E-state index contributed by atoms with van der Waals surface area (Å²) in [4.78, 5) is 29.0. The van der Waals surface area contributed by atoms with Crippen LogP contribution in [0.3, 0.4) is 0 Å². The van der Waals surface area contributed by atoms with Gasteiger partial charge in [-0.1, -0.05) is 89.4 Å². The fraction of sp³-hybridized carbons (Fsp3) is 0.286. The largest absolute Gasteiger partial charge is 0.350 e. The van der Waals surface area contributed by atoms with Crippen LogP contribution in [0, 0.1) is 0 Å². The second-order valence-electron chi connectivity index (χ2n) is 9.43. The predicted molar refractivity (Wildman–Crippen MR) is 144 cm³/mol. The van der Waals surface area contributed by atoms with Crippen molar-refractivity contribution < 1.29 is 9.59 Å². The Morgan fingerprint density at radius 2 is 1.40 bits per heavy atom. The van der Waals surface area contributed by atoms with Crippen molar-refractivity contribution in [1.82, 2.24) is 10.2 Å². The zero-order valence-corrected chi connectivity index (χ0v) is 22.3. The number of hydrogen-bond donors (Lipinski definition) is 1. The first-order valence-corrected chi connectivity index (χ1v) is 12.5. The van der Waals surface area contributed by atoms with Crippen LogP contribution in [0.4, 0.5) is 0 Å². The Bertz CT molecular complexity index is 1160. The first-order chi connectivity index (χ1) is 16.5. The Balaban J connectivity index is 2.04. The Hall–Kier alpha value is -2.53. The van der Waals surface area contributed by atoms with Gasteiger partial charge >= 0.3 is 0 Å². The quantitative estimate of drug-likeness (QED) is 0.350. The SMILES string of the molecule is CC(C)(C)NC(=O)[C@@H](Cc1ccccc1)N(Cc1ccccc1Cl)C(=O)Cc1c(Cl)cccc1Cl. The predicted octanol–water partition coefficient (Wildman–Crippen LogP) is 6.74. The number of nitrogens with one attached hydrogen (secondary N) is 1. The van der Waals surface area contributed by atoms with E-state index in [1.807, 2.05) is 69.3 Å². The van der Waals surface area contributed by atoms with Crippen LogP contribution < -0.4 is 5.32 Å². The lowest BCUT2D eigenvalue weighted by Crippen LogP contribution is -2.54. The molecular formula is C28H29Cl3N2O2. The summed E-state index contributed by atoms with van der Waals surface area (Å²) >= 11 is 19.2. The van der Waals surface area contributed by atoms with E-state index in [4.69, 9.17) is 34.8 Å². The second kappa shape index (κ2) is 11.9. The molecule has 184 valence electrons. The maximum absolute atomic E-state index is 13.8. The minimum atomic E-state index is -0.776. The van der Waals surface area contributed by atoms with E-state index in [-0.39, 0.29) is 24.8 Å². The van der Waals surface area contributed by atoms with Gasteiger partial charge < -0.3 is 10.2 Å². The maximum atomic E-state index is 13.8. The highest BCUT2D eigenvalue weighted by Gasteiger charge is 2.33. The Morgan fingerprint density at radius 1 is 0.829 bits per heavy atom. The van der Waals surface area contributed by atoms with Crippen LogP contribution in [0.2, 0.25) is 15.1 Å². The maximum Gasteiger partial charge on any atom is 0.243 e. The molecule has 0 aliphatic rings. The molecule has 0 aliphatic heterocycles. The highest BCUT2D eigenvalue weighted by atomic mass is 35.5. The van der Waals surface area contributed by atoms with E-state index in [1.54, 1.807) is 29.2 Å².